The molecule has 2 aliphatic heterocycles. The quantitative estimate of drug-likeness (QED) is 0.120. The lowest BCUT2D eigenvalue weighted by Crippen LogP contribution is -2.54. The number of amides is 3. The van der Waals surface area contributed by atoms with Gasteiger partial charge in [0, 0.05) is 101 Å². The van der Waals surface area contributed by atoms with E-state index in [1.165, 1.54) is 36.9 Å². The largest absolute Gasteiger partial charge is 0.435 e. The summed E-state index contributed by atoms with van der Waals surface area (Å²) in [6.07, 6.45) is -0.739. The first-order chi connectivity index (χ1) is 26.5. The topological polar surface area (TPSA) is 115 Å². The number of carbonyl (C=O) groups is 3. The van der Waals surface area contributed by atoms with Crippen molar-refractivity contribution in [2.24, 2.45) is 13.0 Å². The maximum Gasteiger partial charge on any atom is 0.435 e. The summed E-state index contributed by atoms with van der Waals surface area (Å²) >= 11 is 6.51. The molecule has 0 spiro atoms. The van der Waals surface area contributed by atoms with E-state index in [9.17, 15) is 27.6 Å². The van der Waals surface area contributed by atoms with Crippen molar-refractivity contribution in [2.45, 2.75) is 32.0 Å². The maximum atomic E-state index is 15.6. The number of hydrogen-bond donors (Lipinski definition) is 1. The molecule has 300 valence electrons. The third-order valence-electron chi connectivity index (χ3n) is 10.5. The van der Waals surface area contributed by atoms with Crippen LogP contribution in [-0.2, 0) is 29.3 Å². The minimum atomic E-state index is -4.93. The van der Waals surface area contributed by atoms with Crippen LogP contribution in [-0.4, -0.2) is 118 Å². The molecule has 2 aliphatic rings. The number of methoxy groups -OCH3 is 1. The molecule has 0 atom stereocenters. The lowest BCUT2D eigenvalue weighted by molar-refractivity contribution is -0.895. The Bertz CT molecular complexity index is 2120. The van der Waals surface area contributed by atoms with Crippen LogP contribution in [0.3, 0.4) is 0 Å². The van der Waals surface area contributed by atoms with Crippen LogP contribution in [0.5, 0.6) is 0 Å². The molecule has 2 saturated heterocycles. The minimum Gasteiger partial charge on any atom is -0.385 e. The van der Waals surface area contributed by atoms with Crippen molar-refractivity contribution in [3.05, 3.63) is 76.5 Å². The number of quaternary nitrogens is 1. The smallest absolute Gasteiger partial charge is 0.385 e. The van der Waals surface area contributed by atoms with Gasteiger partial charge in [-0.3, -0.25) is 19.1 Å². The van der Waals surface area contributed by atoms with Crippen molar-refractivity contribution in [2.75, 3.05) is 72.4 Å². The first-order valence-corrected chi connectivity index (χ1v) is 18.5. The highest BCUT2D eigenvalue weighted by Gasteiger charge is 2.39. The SMILES string of the molecule is COCCCn1cc(-c2ccc(-c3cnc(C(=O)Nc4ccc(C(=O)N5CCN(C(=O)C6CC[N+](C)(C)CC6)CC5)c(Cl)c4)n3C)c(F)c2F)c(C(F)(F)F)n1. The molecule has 0 aliphatic carbocycles. The molecule has 1 N–H and O–H groups in total. The number of likely N-dealkylation sites (tertiary alicyclic amines) is 1. The first kappa shape index (κ1) is 40.8. The highest BCUT2D eigenvalue weighted by molar-refractivity contribution is 6.34. The van der Waals surface area contributed by atoms with Crippen molar-refractivity contribution in [1.29, 1.82) is 0 Å². The molecule has 12 nitrogen and oxygen atoms in total. The van der Waals surface area contributed by atoms with Crippen LogP contribution in [0, 0.1) is 17.6 Å². The predicted molar refractivity (Wildman–Crippen MR) is 198 cm³/mol. The molecule has 0 radical (unpaired) electrons. The number of imidazole rings is 1. The Hall–Kier alpha value is -4.87. The van der Waals surface area contributed by atoms with Crippen LogP contribution < -0.4 is 5.32 Å². The van der Waals surface area contributed by atoms with Crippen molar-refractivity contribution < 1.29 is 45.6 Å². The number of hydrogen-bond acceptors (Lipinski definition) is 6. The summed E-state index contributed by atoms with van der Waals surface area (Å²) in [4.78, 5) is 47.3. The van der Waals surface area contributed by atoms with Crippen molar-refractivity contribution in [3.8, 4) is 22.4 Å². The van der Waals surface area contributed by atoms with Crippen molar-refractivity contribution in [3.63, 3.8) is 0 Å². The van der Waals surface area contributed by atoms with Gasteiger partial charge in [-0.2, -0.15) is 18.3 Å². The molecule has 3 amide bonds. The van der Waals surface area contributed by atoms with Crippen LogP contribution in [0.15, 0.2) is 42.7 Å². The number of rotatable bonds is 10. The summed E-state index contributed by atoms with van der Waals surface area (Å²) in [7, 11) is 7.17. The number of alkyl halides is 3. The minimum absolute atomic E-state index is 0.00576. The highest BCUT2D eigenvalue weighted by Crippen LogP contribution is 2.39. The number of ether oxygens (including phenoxy) is 1. The van der Waals surface area contributed by atoms with Crippen molar-refractivity contribution >= 4 is 35.0 Å². The lowest BCUT2D eigenvalue weighted by atomic mass is 9.94. The van der Waals surface area contributed by atoms with Gasteiger partial charge in [-0.05, 0) is 30.7 Å². The maximum absolute atomic E-state index is 15.6. The summed E-state index contributed by atoms with van der Waals surface area (Å²) in [6.45, 7) is 3.81. The Balaban J connectivity index is 1.11. The van der Waals surface area contributed by atoms with E-state index >= 15 is 8.78 Å². The summed E-state index contributed by atoms with van der Waals surface area (Å²) < 4.78 is 80.7. The number of nitrogens with zero attached hydrogens (tertiary/aromatic N) is 7. The van der Waals surface area contributed by atoms with E-state index in [2.05, 4.69) is 29.5 Å². The van der Waals surface area contributed by atoms with E-state index in [0.29, 0.717) is 32.6 Å². The number of piperazine rings is 1. The summed E-state index contributed by atoms with van der Waals surface area (Å²) in [5.41, 5.74) is -2.52. The van der Waals surface area contributed by atoms with Crippen LogP contribution in [0.1, 0.15) is 45.9 Å². The van der Waals surface area contributed by atoms with Gasteiger partial charge in [0.1, 0.15) is 0 Å². The van der Waals surface area contributed by atoms with Gasteiger partial charge in [0.2, 0.25) is 5.91 Å². The van der Waals surface area contributed by atoms with Gasteiger partial charge in [0.15, 0.2) is 23.2 Å². The van der Waals surface area contributed by atoms with Gasteiger partial charge < -0.3 is 28.9 Å². The summed E-state index contributed by atoms with van der Waals surface area (Å²) in [5.74, 6) is -4.06. The second-order valence-corrected chi connectivity index (χ2v) is 15.1. The molecule has 0 bridgehead atoms. The Kier molecular flexibility index (Phi) is 11.9. The number of halogens is 6. The fourth-order valence-electron chi connectivity index (χ4n) is 7.16. The average molecular weight is 806 g/mol. The van der Waals surface area contributed by atoms with E-state index in [-0.39, 0.29) is 64.2 Å². The molecule has 2 aromatic carbocycles. The molecule has 0 unspecified atom stereocenters. The van der Waals surface area contributed by atoms with Gasteiger partial charge in [-0.15, -0.1) is 0 Å². The normalized spacial score (nSPS) is 16.3. The number of benzene rings is 2. The Morgan fingerprint density at radius 3 is 2.25 bits per heavy atom. The molecule has 2 aromatic heterocycles. The Morgan fingerprint density at radius 1 is 0.964 bits per heavy atom. The second-order valence-electron chi connectivity index (χ2n) is 14.7. The van der Waals surface area contributed by atoms with Gasteiger partial charge in [-0.1, -0.05) is 17.7 Å². The zero-order valence-electron chi connectivity index (χ0n) is 31.4. The fraction of sp³-hybridized carbons (Fsp3) is 0.447. The number of aromatic nitrogens is 4. The molecule has 4 aromatic rings. The number of piperidine rings is 1. The second kappa shape index (κ2) is 16.3. The third-order valence-corrected chi connectivity index (χ3v) is 10.8. The monoisotopic (exact) mass is 805 g/mol. The van der Waals surface area contributed by atoms with E-state index in [4.69, 9.17) is 16.3 Å². The van der Waals surface area contributed by atoms with E-state index in [1.54, 1.807) is 4.90 Å². The van der Waals surface area contributed by atoms with E-state index < -0.39 is 40.5 Å². The van der Waals surface area contributed by atoms with Crippen molar-refractivity contribution in [1.82, 2.24) is 29.1 Å². The third kappa shape index (κ3) is 8.59. The molecule has 4 heterocycles. The summed E-state index contributed by atoms with van der Waals surface area (Å²) in [6, 6.07) is 6.51. The van der Waals surface area contributed by atoms with E-state index in [0.717, 1.165) is 59.6 Å². The van der Waals surface area contributed by atoms with Crippen LogP contribution in [0.4, 0.5) is 27.6 Å². The van der Waals surface area contributed by atoms with Gasteiger partial charge in [0.25, 0.3) is 11.8 Å². The lowest BCUT2D eigenvalue weighted by Gasteiger charge is -2.40. The molecule has 0 saturated carbocycles. The average Bonchev–Trinajstić information content (AvgIpc) is 3.76. The predicted octanol–water partition coefficient (Wildman–Crippen LogP) is 5.96. The van der Waals surface area contributed by atoms with Crippen LogP contribution in [0.25, 0.3) is 22.4 Å². The Labute approximate surface area is 325 Å². The zero-order valence-corrected chi connectivity index (χ0v) is 32.2. The molecule has 56 heavy (non-hydrogen) atoms. The summed E-state index contributed by atoms with van der Waals surface area (Å²) in [5, 5.41) is 6.28. The Morgan fingerprint density at radius 2 is 1.61 bits per heavy atom. The highest BCUT2D eigenvalue weighted by atomic mass is 35.5. The molecular weight excluding hydrogens is 763 g/mol. The number of nitrogens with one attached hydrogen (secondary N) is 1. The molecule has 6 rings (SSSR count). The molecular formula is C38H43ClF5N8O4+. The molecule has 18 heteroatoms. The zero-order chi connectivity index (χ0) is 40.5. The number of aryl methyl sites for hydroxylation is 1. The molecule has 2 fully saturated rings. The number of anilines is 1. The fourth-order valence-corrected chi connectivity index (χ4v) is 7.43. The van der Waals surface area contributed by atoms with Crippen LogP contribution in [0.2, 0.25) is 5.02 Å². The van der Waals surface area contributed by atoms with Gasteiger partial charge >= 0.3 is 6.18 Å². The first-order valence-electron chi connectivity index (χ1n) is 18.1. The van der Waals surface area contributed by atoms with E-state index in [1.807, 2.05) is 4.90 Å². The number of carbonyl (C=O) groups excluding carboxylic acids is 3. The van der Waals surface area contributed by atoms with Gasteiger partial charge in [-0.25, -0.2) is 13.8 Å². The van der Waals surface area contributed by atoms with Gasteiger partial charge in [0.05, 0.1) is 49.7 Å². The van der Waals surface area contributed by atoms with Crippen LogP contribution >= 0.6 is 11.6 Å². The standard InChI is InChI=1S/C38H42ClF5N8O4/c1-48-30(27-9-8-25(31(40)32(27)41)28-22-51(12-5-19-56-4)47-33(28)38(42,43)44)21-45-34(48)35(53)46-24-6-7-26(29(39)20-24)37(55)50-15-13-49(14-16-50)36(54)23-10-17-52(2,3)18-11-23/h6-9,20-23H,5,10-19H2,1-4H3/p+1.